The molecule has 1 aromatic rings. The molecule has 1 unspecified atom stereocenters. The largest absolute Gasteiger partial charge is 0.490 e. The van der Waals surface area contributed by atoms with Crippen molar-refractivity contribution < 1.29 is 9.84 Å². The Kier molecular flexibility index (Phi) is 5.64. The van der Waals surface area contributed by atoms with E-state index in [1.807, 2.05) is 12.1 Å². The topological polar surface area (TPSA) is 54.4 Å². The van der Waals surface area contributed by atoms with E-state index < -0.39 is 0 Å². The van der Waals surface area contributed by atoms with Crippen LogP contribution in [0.5, 0.6) is 5.75 Å². The average molecular weight is 224 g/mol. The molecule has 0 aliphatic carbocycles. The van der Waals surface area contributed by atoms with Gasteiger partial charge < -0.3 is 15.2 Å². The number of hydrogen-bond acceptors (Lipinski definition) is 4. The van der Waals surface area contributed by atoms with Crippen LogP contribution in [0.2, 0.25) is 0 Å². The lowest BCUT2D eigenvalue weighted by atomic mass is 10.3. The molecule has 1 rings (SSSR count). The van der Waals surface area contributed by atoms with Crippen molar-refractivity contribution in [1.82, 2.24) is 4.98 Å². The summed E-state index contributed by atoms with van der Waals surface area (Å²) >= 11 is 0. The summed E-state index contributed by atoms with van der Waals surface area (Å²) in [7, 11) is 0. The second kappa shape index (κ2) is 7.06. The van der Waals surface area contributed by atoms with E-state index in [-0.39, 0.29) is 6.10 Å². The van der Waals surface area contributed by atoms with Gasteiger partial charge in [-0.05, 0) is 31.9 Å². The molecule has 2 N–H and O–H groups in total. The van der Waals surface area contributed by atoms with Gasteiger partial charge in [-0.2, -0.15) is 0 Å². The normalized spacial score (nSPS) is 12.2. The molecular weight excluding hydrogens is 204 g/mol. The molecule has 0 aliphatic rings. The summed E-state index contributed by atoms with van der Waals surface area (Å²) in [5, 5.41) is 12.3. The van der Waals surface area contributed by atoms with Crippen molar-refractivity contribution in [3.63, 3.8) is 0 Å². The first-order valence-electron chi connectivity index (χ1n) is 5.73. The van der Waals surface area contributed by atoms with Crippen LogP contribution in [0.25, 0.3) is 0 Å². The third-order valence-electron chi connectivity index (χ3n) is 2.09. The van der Waals surface area contributed by atoms with Gasteiger partial charge in [-0.15, -0.1) is 0 Å². The maximum Gasteiger partial charge on any atom is 0.168 e. The number of rotatable bonds is 7. The van der Waals surface area contributed by atoms with Crippen molar-refractivity contribution in [2.24, 2.45) is 0 Å². The molecule has 0 amide bonds. The molecule has 0 bridgehead atoms. The van der Waals surface area contributed by atoms with Crippen LogP contribution in [0.1, 0.15) is 26.7 Å². The molecule has 1 atom stereocenters. The number of ether oxygens (including phenoxy) is 1. The zero-order valence-electron chi connectivity index (χ0n) is 9.94. The molecule has 0 radical (unpaired) electrons. The first-order chi connectivity index (χ1) is 7.74. The van der Waals surface area contributed by atoms with Crippen LogP contribution >= 0.6 is 0 Å². The highest BCUT2D eigenvalue weighted by Gasteiger charge is 2.03. The summed E-state index contributed by atoms with van der Waals surface area (Å²) < 4.78 is 5.56. The van der Waals surface area contributed by atoms with Gasteiger partial charge in [-0.25, -0.2) is 4.98 Å². The fourth-order valence-electron chi connectivity index (χ4n) is 1.25. The fraction of sp³-hybridized carbons (Fsp3) is 0.583. The summed E-state index contributed by atoms with van der Waals surface area (Å²) in [6, 6.07) is 3.75. The van der Waals surface area contributed by atoms with E-state index in [4.69, 9.17) is 9.84 Å². The first-order valence-corrected chi connectivity index (χ1v) is 5.73. The van der Waals surface area contributed by atoms with Gasteiger partial charge in [0.15, 0.2) is 11.6 Å². The Labute approximate surface area is 96.7 Å². The molecule has 1 heterocycles. The van der Waals surface area contributed by atoms with Crippen LogP contribution in [0.4, 0.5) is 5.82 Å². The Morgan fingerprint density at radius 3 is 3.06 bits per heavy atom. The van der Waals surface area contributed by atoms with Gasteiger partial charge >= 0.3 is 0 Å². The number of nitrogens with zero attached hydrogens (tertiary/aromatic N) is 1. The van der Waals surface area contributed by atoms with Gasteiger partial charge in [0, 0.05) is 12.7 Å². The molecule has 0 spiro atoms. The standard InChI is InChI=1S/C12H20N2O2/c1-3-9-16-11-5-4-7-13-12(11)14-8-6-10(2)15/h4-5,7,10,15H,3,6,8-9H2,1-2H3,(H,13,14). The number of aromatic nitrogens is 1. The predicted octanol–water partition coefficient (Wildman–Crippen LogP) is 2.05. The molecule has 4 nitrogen and oxygen atoms in total. The van der Waals surface area contributed by atoms with E-state index in [0.29, 0.717) is 19.6 Å². The van der Waals surface area contributed by atoms with Crippen LogP contribution < -0.4 is 10.1 Å². The van der Waals surface area contributed by atoms with E-state index in [1.54, 1.807) is 13.1 Å². The van der Waals surface area contributed by atoms with E-state index in [2.05, 4.69) is 17.2 Å². The van der Waals surface area contributed by atoms with Crippen LogP contribution in [0.15, 0.2) is 18.3 Å². The minimum absolute atomic E-state index is 0.295. The minimum Gasteiger partial charge on any atom is -0.490 e. The highest BCUT2D eigenvalue weighted by Crippen LogP contribution is 2.20. The average Bonchev–Trinajstić information content (AvgIpc) is 2.27. The molecule has 0 aromatic carbocycles. The van der Waals surface area contributed by atoms with E-state index in [9.17, 15) is 0 Å². The van der Waals surface area contributed by atoms with Gasteiger partial charge in [0.25, 0.3) is 0 Å². The van der Waals surface area contributed by atoms with Crippen molar-refractivity contribution in [2.75, 3.05) is 18.5 Å². The van der Waals surface area contributed by atoms with Crippen molar-refractivity contribution >= 4 is 5.82 Å². The van der Waals surface area contributed by atoms with Gasteiger partial charge in [0.05, 0.1) is 12.7 Å². The fourth-order valence-corrected chi connectivity index (χ4v) is 1.25. The second-order valence-electron chi connectivity index (χ2n) is 3.76. The highest BCUT2D eigenvalue weighted by molar-refractivity contribution is 5.49. The van der Waals surface area contributed by atoms with Crippen LogP contribution in [-0.2, 0) is 0 Å². The molecule has 1 aromatic heterocycles. The summed E-state index contributed by atoms with van der Waals surface area (Å²) in [6.07, 6.45) is 3.10. The third kappa shape index (κ3) is 4.49. The summed E-state index contributed by atoms with van der Waals surface area (Å²) in [5.74, 6) is 1.52. The van der Waals surface area contributed by atoms with Gasteiger partial charge in [0.2, 0.25) is 0 Å². The Hall–Kier alpha value is -1.29. The number of hydrogen-bond donors (Lipinski definition) is 2. The molecule has 16 heavy (non-hydrogen) atoms. The quantitative estimate of drug-likeness (QED) is 0.744. The smallest absolute Gasteiger partial charge is 0.168 e. The Bertz CT molecular complexity index is 303. The maximum atomic E-state index is 9.15. The number of pyridine rings is 1. The summed E-state index contributed by atoms with van der Waals surface area (Å²) in [5.41, 5.74) is 0. The van der Waals surface area contributed by atoms with E-state index in [0.717, 1.165) is 18.0 Å². The molecule has 0 fully saturated rings. The molecular formula is C12H20N2O2. The van der Waals surface area contributed by atoms with Crippen LogP contribution in [-0.4, -0.2) is 29.3 Å². The van der Waals surface area contributed by atoms with E-state index in [1.165, 1.54) is 0 Å². The zero-order chi connectivity index (χ0) is 11.8. The summed E-state index contributed by atoms with van der Waals surface area (Å²) in [4.78, 5) is 4.21. The second-order valence-corrected chi connectivity index (χ2v) is 3.76. The number of anilines is 1. The Morgan fingerprint density at radius 2 is 2.38 bits per heavy atom. The Balaban J connectivity index is 2.49. The van der Waals surface area contributed by atoms with E-state index >= 15 is 0 Å². The minimum atomic E-state index is -0.295. The van der Waals surface area contributed by atoms with Gasteiger partial charge in [-0.3, -0.25) is 0 Å². The lowest BCUT2D eigenvalue weighted by Crippen LogP contribution is -2.11. The maximum absolute atomic E-state index is 9.15. The number of aliphatic hydroxyl groups excluding tert-OH is 1. The monoisotopic (exact) mass is 224 g/mol. The van der Waals surface area contributed by atoms with Crippen molar-refractivity contribution in [1.29, 1.82) is 0 Å². The molecule has 0 saturated carbocycles. The Morgan fingerprint density at radius 1 is 1.56 bits per heavy atom. The van der Waals surface area contributed by atoms with Gasteiger partial charge in [-0.1, -0.05) is 6.92 Å². The van der Waals surface area contributed by atoms with Crippen molar-refractivity contribution in [3.05, 3.63) is 18.3 Å². The number of aliphatic hydroxyl groups is 1. The highest BCUT2D eigenvalue weighted by atomic mass is 16.5. The molecule has 90 valence electrons. The van der Waals surface area contributed by atoms with Gasteiger partial charge in [0.1, 0.15) is 0 Å². The van der Waals surface area contributed by atoms with Crippen LogP contribution in [0, 0.1) is 0 Å². The van der Waals surface area contributed by atoms with Crippen molar-refractivity contribution in [2.45, 2.75) is 32.8 Å². The summed E-state index contributed by atoms with van der Waals surface area (Å²) in [6.45, 7) is 5.22. The predicted molar refractivity (Wildman–Crippen MR) is 64.8 cm³/mol. The molecule has 0 saturated heterocycles. The lowest BCUT2D eigenvalue weighted by Gasteiger charge is -2.12. The lowest BCUT2D eigenvalue weighted by molar-refractivity contribution is 0.188. The van der Waals surface area contributed by atoms with Crippen molar-refractivity contribution in [3.8, 4) is 5.75 Å². The molecule has 0 aliphatic heterocycles. The third-order valence-corrected chi connectivity index (χ3v) is 2.09. The van der Waals surface area contributed by atoms with Crippen LogP contribution in [0.3, 0.4) is 0 Å². The zero-order valence-corrected chi connectivity index (χ0v) is 9.94. The molecule has 4 heteroatoms. The first kappa shape index (κ1) is 12.8. The number of nitrogens with one attached hydrogen (secondary N) is 1. The SMILES string of the molecule is CCCOc1cccnc1NCCC(C)O.